The monoisotopic (exact) mass is 432 g/mol. The van der Waals surface area contributed by atoms with E-state index in [0.29, 0.717) is 17.8 Å². The third kappa shape index (κ3) is 3.90. The van der Waals surface area contributed by atoms with Gasteiger partial charge in [0.15, 0.2) is 5.78 Å². The van der Waals surface area contributed by atoms with E-state index < -0.39 is 12.1 Å². The number of fused-ring (bicyclic) bond motifs is 1. The Balaban J connectivity index is 1.55. The van der Waals surface area contributed by atoms with Gasteiger partial charge >= 0.3 is 0 Å². The van der Waals surface area contributed by atoms with Crippen molar-refractivity contribution in [2.75, 3.05) is 10.6 Å². The van der Waals surface area contributed by atoms with Crippen molar-refractivity contribution in [3.05, 3.63) is 59.9 Å². The molecule has 1 amide bonds. The molecule has 3 N–H and O–H groups in total. The lowest BCUT2D eigenvalue weighted by Crippen LogP contribution is -2.26. The zero-order valence-corrected chi connectivity index (χ0v) is 18.0. The Morgan fingerprint density at radius 2 is 1.94 bits per heavy atom. The van der Waals surface area contributed by atoms with Crippen LogP contribution in [0, 0.1) is 11.3 Å². The first-order valence-electron chi connectivity index (χ1n) is 10.8. The maximum absolute atomic E-state index is 13.2. The van der Waals surface area contributed by atoms with Gasteiger partial charge in [-0.15, -0.1) is 0 Å². The molecule has 0 radical (unpaired) electrons. The van der Waals surface area contributed by atoms with Gasteiger partial charge in [0.05, 0.1) is 22.9 Å². The minimum atomic E-state index is -1.07. The number of rotatable bonds is 5. The Kier molecular flexibility index (Phi) is 4.84. The van der Waals surface area contributed by atoms with E-state index in [4.69, 9.17) is 0 Å². The largest absolute Gasteiger partial charge is 0.356 e. The van der Waals surface area contributed by atoms with Crippen molar-refractivity contribution >= 4 is 28.9 Å². The van der Waals surface area contributed by atoms with Crippen LogP contribution in [-0.4, -0.2) is 27.8 Å². The van der Waals surface area contributed by atoms with Gasteiger partial charge < -0.3 is 15.6 Å². The summed E-state index contributed by atoms with van der Waals surface area (Å²) in [4.78, 5) is 33.0. The molecule has 32 heavy (non-hydrogen) atoms. The number of carbonyl (C=O) groups excluding carboxylic acids is 2. The number of aromatic nitrogens is 2. The number of para-hydroxylation sites is 1. The van der Waals surface area contributed by atoms with E-state index in [2.05, 4.69) is 34.4 Å². The first-order valence-corrected chi connectivity index (χ1v) is 10.8. The molecule has 2 atom stereocenters. The molecule has 0 spiro atoms. The van der Waals surface area contributed by atoms with Crippen LogP contribution in [0.25, 0.3) is 11.3 Å². The second-order valence-corrected chi connectivity index (χ2v) is 9.44. The average molecular weight is 432 g/mol. The summed E-state index contributed by atoms with van der Waals surface area (Å²) in [5.41, 5.74) is 4.60. The molecule has 0 aliphatic heterocycles. The third-order valence-electron chi connectivity index (χ3n) is 6.04. The van der Waals surface area contributed by atoms with Gasteiger partial charge in [-0.1, -0.05) is 32.0 Å². The lowest BCUT2D eigenvalue weighted by molar-refractivity contribution is -0.117. The fourth-order valence-corrected chi connectivity index (χ4v) is 4.37. The second-order valence-electron chi connectivity index (χ2n) is 9.44. The second kappa shape index (κ2) is 7.58. The van der Waals surface area contributed by atoms with Crippen molar-refractivity contribution in [3.8, 4) is 11.3 Å². The smallest absolute Gasteiger partial charge is 0.231 e. The van der Waals surface area contributed by atoms with E-state index >= 15 is 0 Å². The van der Waals surface area contributed by atoms with Gasteiger partial charge in [-0.05, 0) is 42.5 Å². The van der Waals surface area contributed by atoms with Crippen LogP contribution < -0.4 is 10.6 Å². The lowest BCUT2D eigenvalue weighted by atomic mass is 9.76. The van der Waals surface area contributed by atoms with E-state index in [-0.39, 0.29) is 23.5 Å². The number of nitrogens with zero attached hydrogens (tertiary/aromatic N) is 1. The summed E-state index contributed by atoms with van der Waals surface area (Å²) >= 11 is 0. The van der Waals surface area contributed by atoms with Gasteiger partial charge in [0.2, 0.25) is 5.91 Å². The Hall–Kier alpha value is -3.48. The van der Waals surface area contributed by atoms with Gasteiger partial charge in [-0.3, -0.25) is 9.59 Å². The van der Waals surface area contributed by atoms with Crippen LogP contribution in [-0.2, 0) is 11.2 Å². The highest BCUT2D eigenvalue weighted by Gasteiger charge is 2.43. The molecule has 2 unspecified atom stereocenters. The predicted molar refractivity (Wildman–Crippen MR) is 122 cm³/mol. The minimum absolute atomic E-state index is 0.0995. The number of benzene rings is 1. The van der Waals surface area contributed by atoms with E-state index in [1.54, 1.807) is 12.3 Å². The summed E-state index contributed by atoms with van der Waals surface area (Å²) in [5, 5.41) is 6.13. The normalized spacial score (nSPS) is 21.0. The lowest BCUT2D eigenvalue weighted by Gasteiger charge is -2.28. The van der Waals surface area contributed by atoms with E-state index in [0.717, 1.165) is 34.7 Å². The maximum Gasteiger partial charge on any atom is 0.231 e. The van der Waals surface area contributed by atoms with Crippen molar-refractivity contribution in [2.24, 2.45) is 11.3 Å². The zero-order valence-electron chi connectivity index (χ0n) is 18.0. The van der Waals surface area contributed by atoms with Crippen LogP contribution in [0.3, 0.4) is 0 Å². The molecule has 6 nitrogen and oxygen atoms in total. The van der Waals surface area contributed by atoms with E-state index in [1.807, 2.05) is 36.4 Å². The molecule has 0 bridgehead atoms. The highest BCUT2D eigenvalue weighted by atomic mass is 19.1. The molecule has 1 saturated carbocycles. The number of ketones is 1. The number of hydrogen-bond acceptors (Lipinski definition) is 4. The number of aromatic amines is 1. The average Bonchev–Trinajstić information content (AvgIpc) is 3.37. The van der Waals surface area contributed by atoms with Gasteiger partial charge in [-0.2, -0.15) is 0 Å². The van der Waals surface area contributed by atoms with Crippen molar-refractivity contribution in [1.29, 1.82) is 0 Å². The summed E-state index contributed by atoms with van der Waals surface area (Å²) < 4.78 is 13.2. The van der Waals surface area contributed by atoms with Gasteiger partial charge in [0.1, 0.15) is 12.0 Å². The topological polar surface area (TPSA) is 86.9 Å². The molecule has 2 aromatic heterocycles. The fourth-order valence-electron chi connectivity index (χ4n) is 4.37. The van der Waals surface area contributed by atoms with Crippen LogP contribution in [0.2, 0.25) is 0 Å². The summed E-state index contributed by atoms with van der Waals surface area (Å²) in [7, 11) is 0. The van der Waals surface area contributed by atoms with Gasteiger partial charge in [0.25, 0.3) is 0 Å². The van der Waals surface area contributed by atoms with Crippen LogP contribution in [0.5, 0.6) is 0 Å². The Labute approximate surface area is 185 Å². The highest BCUT2D eigenvalue weighted by molar-refractivity contribution is 6.08. The molecular weight excluding hydrogens is 407 g/mol. The van der Waals surface area contributed by atoms with Crippen LogP contribution in [0.15, 0.2) is 48.7 Å². The van der Waals surface area contributed by atoms with Crippen LogP contribution >= 0.6 is 0 Å². The van der Waals surface area contributed by atoms with Crippen LogP contribution in [0.4, 0.5) is 21.6 Å². The molecular formula is C25H25FN4O2. The minimum Gasteiger partial charge on any atom is -0.356 e. The van der Waals surface area contributed by atoms with Crippen molar-refractivity contribution in [2.45, 2.75) is 39.3 Å². The zero-order chi connectivity index (χ0) is 22.5. The number of alkyl halides is 1. The van der Waals surface area contributed by atoms with Gasteiger partial charge in [-0.25, -0.2) is 9.37 Å². The Bertz CT molecular complexity index is 1200. The molecule has 2 heterocycles. The number of anilines is 3. The number of carbonyl (C=O) groups is 2. The number of H-pyrrole nitrogens is 1. The van der Waals surface area contributed by atoms with Gasteiger partial charge in [0, 0.05) is 29.6 Å². The summed E-state index contributed by atoms with van der Waals surface area (Å²) in [6.45, 7) is 4.18. The van der Waals surface area contributed by atoms with E-state index in [1.165, 1.54) is 0 Å². The summed E-state index contributed by atoms with van der Waals surface area (Å²) in [5.74, 6) is -0.486. The molecule has 7 heteroatoms. The van der Waals surface area contributed by atoms with Crippen molar-refractivity contribution in [1.82, 2.24) is 9.97 Å². The Morgan fingerprint density at radius 3 is 2.66 bits per heavy atom. The number of hydrogen-bond donors (Lipinski definition) is 3. The number of Topliss-reactive ketones (excluding diaryl/α,β-unsaturated/α-hetero) is 1. The SMILES string of the molecule is CC1(C)CC(=O)c2c([nH]c(-c3ccnc(NC(=O)C4CC4F)c3)c2Nc2ccccc2)C1. The Morgan fingerprint density at radius 1 is 1.19 bits per heavy atom. The summed E-state index contributed by atoms with van der Waals surface area (Å²) in [6, 6.07) is 13.3. The molecule has 5 rings (SSSR count). The number of nitrogens with one attached hydrogen (secondary N) is 3. The molecule has 2 aliphatic rings. The number of halogens is 1. The number of pyridine rings is 1. The summed E-state index contributed by atoms with van der Waals surface area (Å²) in [6.07, 6.45) is 2.03. The van der Waals surface area contributed by atoms with Crippen molar-refractivity contribution in [3.63, 3.8) is 0 Å². The first kappa shape index (κ1) is 20.4. The molecule has 164 valence electrons. The highest BCUT2D eigenvalue weighted by Crippen LogP contribution is 2.43. The van der Waals surface area contributed by atoms with E-state index in [9.17, 15) is 14.0 Å². The fraction of sp³-hybridized carbons (Fsp3) is 0.320. The maximum atomic E-state index is 13.2. The molecule has 1 fully saturated rings. The standard InChI is InChI=1S/C25H25FN4O2/c1-25(2)12-18-21(19(31)13-25)23(28-15-6-4-3-5-7-15)22(29-18)14-8-9-27-20(10-14)30-24(32)16-11-17(16)26/h3-10,16-17,28-29H,11-13H2,1-2H3,(H,27,30,32). The third-order valence-corrected chi connectivity index (χ3v) is 6.04. The van der Waals surface area contributed by atoms with Crippen molar-refractivity contribution < 1.29 is 14.0 Å². The number of amides is 1. The predicted octanol–water partition coefficient (Wildman–Crippen LogP) is 5.27. The molecule has 2 aliphatic carbocycles. The molecule has 3 aromatic rings. The molecule has 0 saturated heterocycles. The molecule has 1 aromatic carbocycles. The quantitative estimate of drug-likeness (QED) is 0.512. The van der Waals surface area contributed by atoms with Crippen LogP contribution in [0.1, 0.15) is 42.7 Å². The first-order chi connectivity index (χ1) is 15.3.